The molecule has 1 amide bonds. The molecule has 8 nitrogen and oxygen atoms in total. The largest absolute Gasteiger partial charge is 0.348 e. The van der Waals surface area contributed by atoms with Gasteiger partial charge in [-0.2, -0.15) is 9.40 Å². The first kappa shape index (κ1) is 20.9. The molecule has 0 aliphatic carbocycles. The Labute approximate surface area is 156 Å². The average Bonchev–Trinajstić information content (AvgIpc) is 2.88. The SMILES string of the molecule is CCCn1cc(CN2CCCN(S(=O)(=O)[C@@H](C)C(=O)N(C)C)CC2)cn1. The maximum Gasteiger partial charge on any atom is 0.241 e. The molecule has 2 rings (SSSR count). The summed E-state index contributed by atoms with van der Waals surface area (Å²) in [6, 6.07) is 0. The van der Waals surface area contributed by atoms with Crippen LogP contribution in [0.25, 0.3) is 0 Å². The Hall–Kier alpha value is -1.45. The zero-order valence-electron chi connectivity index (χ0n) is 16.3. The Kier molecular flexibility index (Phi) is 7.19. The zero-order valence-corrected chi connectivity index (χ0v) is 17.1. The number of aromatic nitrogens is 2. The van der Waals surface area contributed by atoms with Gasteiger partial charge in [-0.25, -0.2) is 8.42 Å². The van der Waals surface area contributed by atoms with Gasteiger partial charge in [0.1, 0.15) is 0 Å². The van der Waals surface area contributed by atoms with E-state index in [0.29, 0.717) is 19.6 Å². The molecule has 1 fully saturated rings. The summed E-state index contributed by atoms with van der Waals surface area (Å²) in [5, 5.41) is 3.30. The van der Waals surface area contributed by atoms with Gasteiger partial charge >= 0.3 is 0 Å². The lowest BCUT2D eigenvalue weighted by atomic mass is 10.3. The van der Waals surface area contributed by atoms with E-state index >= 15 is 0 Å². The lowest BCUT2D eigenvalue weighted by Gasteiger charge is -2.25. The van der Waals surface area contributed by atoms with Gasteiger partial charge in [0.15, 0.2) is 5.25 Å². The molecule has 1 aliphatic rings. The van der Waals surface area contributed by atoms with Crippen LogP contribution in [-0.2, 0) is 27.9 Å². The Balaban J connectivity index is 1.97. The third kappa shape index (κ3) is 5.05. The number of aryl methyl sites for hydroxylation is 1. The predicted octanol–water partition coefficient (Wildman–Crippen LogP) is 0.607. The van der Waals surface area contributed by atoms with E-state index in [2.05, 4.69) is 23.1 Å². The first-order chi connectivity index (χ1) is 12.3. The molecule has 148 valence electrons. The number of carbonyl (C=O) groups is 1. The molecule has 9 heteroatoms. The summed E-state index contributed by atoms with van der Waals surface area (Å²) in [6.07, 6.45) is 5.74. The van der Waals surface area contributed by atoms with Crippen molar-refractivity contribution in [3.63, 3.8) is 0 Å². The number of nitrogens with zero attached hydrogens (tertiary/aromatic N) is 5. The van der Waals surface area contributed by atoms with Crippen molar-refractivity contribution in [3.8, 4) is 0 Å². The van der Waals surface area contributed by atoms with Crippen LogP contribution in [0.2, 0.25) is 0 Å². The van der Waals surface area contributed by atoms with E-state index in [-0.39, 0.29) is 5.91 Å². The lowest BCUT2D eigenvalue weighted by Crippen LogP contribution is -2.46. The van der Waals surface area contributed by atoms with Crippen LogP contribution in [0, 0.1) is 0 Å². The molecule has 1 aliphatic heterocycles. The molecule has 2 heterocycles. The van der Waals surface area contributed by atoms with E-state index in [1.54, 1.807) is 14.1 Å². The van der Waals surface area contributed by atoms with Crippen molar-refractivity contribution in [2.75, 3.05) is 40.3 Å². The molecular weight excluding hydrogens is 354 g/mol. The summed E-state index contributed by atoms with van der Waals surface area (Å²) in [7, 11) is -0.469. The van der Waals surface area contributed by atoms with Gasteiger partial charge in [-0.05, 0) is 26.3 Å². The Morgan fingerprint density at radius 2 is 2.00 bits per heavy atom. The van der Waals surface area contributed by atoms with Gasteiger partial charge in [0.2, 0.25) is 15.9 Å². The van der Waals surface area contributed by atoms with E-state index < -0.39 is 15.3 Å². The fraction of sp³-hybridized carbons (Fsp3) is 0.765. The molecule has 0 radical (unpaired) electrons. The highest BCUT2D eigenvalue weighted by Crippen LogP contribution is 2.16. The molecule has 1 aromatic rings. The molecule has 0 spiro atoms. The van der Waals surface area contributed by atoms with Crippen molar-refractivity contribution in [3.05, 3.63) is 18.0 Å². The molecule has 1 aromatic heterocycles. The quantitative estimate of drug-likeness (QED) is 0.687. The number of sulfonamides is 1. The van der Waals surface area contributed by atoms with E-state index in [1.165, 1.54) is 16.1 Å². The maximum atomic E-state index is 12.8. The Morgan fingerprint density at radius 3 is 2.65 bits per heavy atom. The van der Waals surface area contributed by atoms with Crippen molar-refractivity contribution >= 4 is 15.9 Å². The van der Waals surface area contributed by atoms with Gasteiger partial charge in [0.05, 0.1) is 6.20 Å². The minimum Gasteiger partial charge on any atom is -0.348 e. The highest BCUT2D eigenvalue weighted by atomic mass is 32.2. The molecule has 0 aromatic carbocycles. The first-order valence-corrected chi connectivity index (χ1v) is 10.7. The smallest absolute Gasteiger partial charge is 0.241 e. The monoisotopic (exact) mass is 385 g/mol. The molecule has 0 N–H and O–H groups in total. The number of carbonyl (C=O) groups excluding carboxylic acids is 1. The van der Waals surface area contributed by atoms with Crippen LogP contribution < -0.4 is 0 Å². The van der Waals surface area contributed by atoms with E-state index in [4.69, 9.17) is 0 Å². The second kappa shape index (κ2) is 8.96. The van der Waals surface area contributed by atoms with Crippen molar-refractivity contribution < 1.29 is 13.2 Å². The molecular formula is C17H31N5O3S. The van der Waals surface area contributed by atoms with Crippen LogP contribution in [-0.4, -0.2) is 83.7 Å². The summed E-state index contributed by atoms with van der Waals surface area (Å²) < 4.78 is 29.0. The lowest BCUT2D eigenvalue weighted by molar-refractivity contribution is -0.128. The van der Waals surface area contributed by atoms with Crippen molar-refractivity contribution in [1.82, 2.24) is 23.9 Å². The van der Waals surface area contributed by atoms with Crippen molar-refractivity contribution in [2.24, 2.45) is 0 Å². The van der Waals surface area contributed by atoms with Crippen LogP contribution in [0.1, 0.15) is 32.3 Å². The normalized spacial score (nSPS) is 18.5. The molecule has 26 heavy (non-hydrogen) atoms. The minimum absolute atomic E-state index is 0.380. The number of hydrogen-bond acceptors (Lipinski definition) is 5. The summed E-state index contributed by atoms with van der Waals surface area (Å²) in [5.74, 6) is -0.380. The summed E-state index contributed by atoms with van der Waals surface area (Å²) in [5.41, 5.74) is 1.14. The minimum atomic E-state index is -3.63. The second-order valence-corrected chi connectivity index (χ2v) is 9.31. The molecule has 1 saturated heterocycles. The molecule has 0 saturated carbocycles. The van der Waals surface area contributed by atoms with Crippen molar-refractivity contribution in [1.29, 1.82) is 0 Å². The highest BCUT2D eigenvalue weighted by Gasteiger charge is 2.35. The van der Waals surface area contributed by atoms with E-state index in [0.717, 1.165) is 38.0 Å². The summed E-state index contributed by atoms with van der Waals surface area (Å²) in [4.78, 5) is 15.7. The van der Waals surface area contributed by atoms with Gasteiger partial charge in [-0.1, -0.05) is 6.92 Å². The Morgan fingerprint density at radius 1 is 1.27 bits per heavy atom. The third-order valence-electron chi connectivity index (χ3n) is 4.69. The van der Waals surface area contributed by atoms with Crippen LogP contribution in [0.15, 0.2) is 12.4 Å². The standard InChI is InChI=1S/C17H31N5O3S/c1-5-7-21-14-16(12-18-21)13-20-8-6-9-22(11-10-20)26(24,25)15(2)17(23)19(3)4/h12,14-15H,5-11,13H2,1-4H3/t15-/m0/s1. The van der Waals surface area contributed by atoms with Gasteiger partial charge < -0.3 is 4.90 Å². The van der Waals surface area contributed by atoms with Gasteiger partial charge in [-0.3, -0.25) is 14.4 Å². The zero-order chi connectivity index (χ0) is 19.3. The summed E-state index contributed by atoms with van der Waals surface area (Å²) in [6.45, 7) is 7.63. The number of hydrogen-bond donors (Lipinski definition) is 0. The highest BCUT2D eigenvalue weighted by molar-refractivity contribution is 7.90. The van der Waals surface area contributed by atoms with Crippen LogP contribution in [0.5, 0.6) is 0 Å². The molecule has 0 bridgehead atoms. The molecule has 1 atom stereocenters. The van der Waals surface area contributed by atoms with E-state index in [1.807, 2.05) is 10.9 Å². The van der Waals surface area contributed by atoms with Gasteiger partial charge in [0, 0.05) is 58.6 Å². The van der Waals surface area contributed by atoms with Gasteiger partial charge in [-0.15, -0.1) is 0 Å². The van der Waals surface area contributed by atoms with Crippen LogP contribution in [0.3, 0.4) is 0 Å². The number of rotatable bonds is 7. The average molecular weight is 386 g/mol. The second-order valence-electron chi connectivity index (χ2n) is 7.06. The fourth-order valence-corrected chi connectivity index (χ4v) is 4.80. The maximum absolute atomic E-state index is 12.8. The van der Waals surface area contributed by atoms with Gasteiger partial charge in [0.25, 0.3) is 0 Å². The topological polar surface area (TPSA) is 78.8 Å². The Bertz CT molecular complexity index is 701. The third-order valence-corrected chi connectivity index (χ3v) is 6.87. The number of amides is 1. The van der Waals surface area contributed by atoms with Crippen LogP contribution >= 0.6 is 0 Å². The first-order valence-electron chi connectivity index (χ1n) is 9.19. The fourth-order valence-electron chi connectivity index (χ4n) is 3.17. The van der Waals surface area contributed by atoms with E-state index in [9.17, 15) is 13.2 Å². The van der Waals surface area contributed by atoms with Crippen molar-refractivity contribution in [2.45, 2.75) is 45.0 Å². The molecule has 0 unspecified atom stereocenters. The predicted molar refractivity (Wildman–Crippen MR) is 101 cm³/mol. The summed E-state index contributed by atoms with van der Waals surface area (Å²) >= 11 is 0. The van der Waals surface area contributed by atoms with Crippen LogP contribution in [0.4, 0.5) is 0 Å².